The average Bonchev–Trinajstić information content (AvgIpc) is 1.29. The van der Waals surface area contributed by atoms with Gasteiger partial charge in [-0.05, 0) is 158 Å². The number of hydrogen-bond acceptors (Lipinski definition) is 12. The number of esters is 6. The van der Waals surface area contributed by atoms with E-state index in [1.54, 1.807) is 66.7 Å². The lowest BCUT2D eigenvalue weighted by Gasteiger charge is -2.25. The van der Waals surface area contributed by atoms with E-state index in [0.717, 1.165) is 103 Å². The second kappa shape index (κ2) is 30.4. The largest absolute Gasteiger partial charge is 0.423 e. The Morgan fingerprint density at radius 1 is 0.424 bits per heavy atom. The molecule has 452 valence electrons. The Balaban J connectivity index is 1.13. The Labute approximate surface area is 533 Å². The van der Waals surface area contributed by atoms with Crippen molar-refractivity contribution in [2.75, 3.05) is 0 Å². The van der Waals surface area contributed by atoms with Crippen molar-refractivity contribution < 1.29 is 57.2 Å². The first-order valence-corrected chi connectivity index (χ1v) is 28.9. The number of benzene rings is 8. The van der Waals surface area contributed by atoms with Crippen LogP contribution in [0.1, 0.15) is 51.6 Å². The summed E-state index contributed by atoms with van der Waals surface area (Å²) in [4.78, 5) is 74.3. The van der Waals surface area contributed by atoms with Gasteiger partial charge in [0.15, 0.2) is 0 Å². The Morgan fingerprint density at radius 2 is 0.783 bits per heavy atom. The molecule has 0 saturated heterocycles. The summed E-state index contributed by atoms with van der Waals surface area (Å²) in [6, 6.07) is 55.7. The molecule has 12 nitrogen and oxygen atoms in total. The summed E-state index contributed by atoms with van der Waals surface area (Å²) in [6.07, 6.45) is 24.4. The predicted molar refractivity (Wildman–Crippen MR) is 358 cm³/mol. The van der Waals surface area contributed by atoms with Crippen molar-refractivity contribution >= 4 is 47.0 Å². The van der Waals surface area contributed by atoms with E-state index < -0.39 is 47.7 Å². The lowest BCUT2D eigenvalue weighted by molar-refractivity contribution is -0.129. The molecule has 3 unspecified atom stereocenters. The van der Waals surface area contributed by atoms with Gasteiger partial charge in [-0.2, -0.15) is 0 Å². The van der Waals surface area contributed by atoms with Gasteiger partial charge in [-0.1, -0.05) is 179 Å². The van der Waals surface area contributed by atoms with Crippen LogP contribution in [0.4, 0.5) is 0 Å². The minimum absolute atomic E-state index is 0.281. The van der Waals surface area contributed by atoms with Crippen molar-refractivity contribution in [1.29, 1.82) is 0 Å². The lowest BCUT2D eigenvalue weighted by atomic mass is 9.79. The fraction of sp³-hybridized carbons (Fsp3) is 0.0500. The number of hydrogen-bond donors (Lipinski definition) is 0. The molecule has 92 heavy (non-hydrogen) atoms. The van der Waals surface area contributed by atoms with Crippen LogP contribution < -0.4 is 28.4 Å². The molecule has 0 saturated carbocycles. The summed E-state index contributed by atoms with van der Waals surface area (Å²) >= 11 is 0. The fourth-order valence-corrected chi connectivity index (χ4v) is 10.4. The molecule has 8 aromatic carbocycles. The molecule has 1 aliphatic rings. The zero-order chi connectivity index (χ0) is 65.1. The Bertz CT molecular complexity index is 4340. The number of terminal acetylenes is 1. The van der Waals surface area contributed by atoms with Crippen molar-refractivity contribution in [1.82, 2.24) is 0 Å². The van der Waals surface area contributed by atoms with Crippen LogP contribution in [-0.4, -0.2) is 35.8 Å². The van der Waals surface area contributed by atoms with Gasteiger partial charge in [-0.3, -0.25) is 0 Å². The normalized spacial score (nSPS) is 13.0. The van der Waals surface area contributed by atoms with Gasteiger partial charge < -0.3 is 28.4 Å². The van der Waals surface area contributed by atoms with Gasteiger partial charge in [0.25, 0.3) is 0 Å². The van der Waals surface area contributed by atoms with E-state index in [1.165, 1.54) is 0 Å². The first kappa shape index (κ1) is 64.0. The summed E-state index contributed by atoms with van der Waals surface area (Å²) < 4.78 is 33.4. The van der Waals surface area contributed by atoms with Gasteiger partial charge in [0.05, 0.1) is 0 Å². The molecule has 3 atom stereocenters. The van der Waals surface area contributed by atoms with Crippen molar-refractivity contribution in [3.8, 4) is 80.2 Å². The maximum absolute atomic E-state index is 13.1. The summed E-state index contributed by atoms with van der Waals surface area (Å²) in [5.74, 6) is -0.226. The maximum Gasteiger partial charge on any atom is 0.335 e. The quantitative estimate of drug-likeness (QED) is 0.0176. The topological polar surface area (TPSA) is 158 Å². The van der Waals surface area contributed by atoms with Crippen LogP contribution >= 0.6 is 0 Å². The Kier molecular flexibility index (Phi) is 21.2. The van der Waals surface area contributed by atoms with E-state index in [1.807, 2.05) is 127 Å². The molecule has 0 amide bonds. The molecule has 9 rings (SSSR count). The lowest BCUT2D eigenvalue weighted by Crippen LogP contribution is -2.14. The number of allylic oxidation sites excluding steroid dienone is 8. The molecular formula is C80H60O12. The molecule has 12 heteroatoms. The Hall–Kier alpha value is -12.5. The molecule has 0 heterocycles. The maximum atomic E-state index is 13.1. The van der Waals surface area contributed by atoms with E-state index in [9.17, 15) is 28.8 Å². The highest BCUT2D eigenvalue weighted by atomic mass is 16.6. The summed E-state index contributed by atoms with van der Waals surface area (Å²) in [5.41, 5.74) is 11.4. The third kappa shape index (κ3) is 16.2. The van der Waals surface area contributed by atoms with Crippen molar-refractivity contribution in [2.45, 2.75) is 18.3 Å². The van der Waals surface area contributed by atoms with Gasteiger partial charge in [0.2, 0.25) is 0 Å². The number of carbonyl (C=O) groups is 6. The number of rotatable bonds is 25. The van der Waals surface area contributed by atoms with Crippen molar-refractivity contribution in [3.05, 3.63) is 328 Å². The molecule has 0 fully saturated rings. The molecule has 0 N–H and O–H groups in total. The Morgan fingerprint density at radius 3 is 1.22 bits per heavy atom. The third-order valence-electron chi connectivity index (χ3n) is 14.9. The van der Waals surface area contributed by atoms with Gasteiger partial charge in [-0.25, -0.2) is 28.8 Å². The van der Waals surface area contributed by atoms with Gasteiger partial charge in [-0.15, -0.1) is 6.42 Å². The van der Waals surface area contributed by atoms with Crippen LogP contribution in [0, 0.1) is 18.3 Å². The zero-order valence-corrected chi connectivity index (χ0v) is 49.9. The highest BCUT2D eigenvalue weighted by Gasteiger charge is 2.30. The molecular weight excluding hydrogens is 1150 g/mol. The first-order chi connectivity index (χ1) is 44.7. The van der Waals surface area contributed by atoms with Gasteiger partial charge in [0, 0.05) is 65.3 Å². The van der Waals surface area contributed by atoms with E-state index in [2.05, 4.69) is 69.7 Å². The van der Waals surface area contributed by atoms with Crippen LogP contribution in [0.25, 0.3) is 44.5 Å². The number of carbonyl (C=O) groups excluding carboxylic acids is 6. The minimum atomic E-state index is -0.653. The van der Waals surface area contributed by atoms with Crippen molar-refractivity contribution in [3.63, 3.8) is 0 Å². The van der Waals surface area contributed by atoms with Gasteiger partial charge in [0.1, 0.15) is 34.5 Å². The van der Waals surface area contributed by atoms with Crippen LogP contribution in [0.2, 0.25) is 0 Å². The molecule has 1 aliphatic carbocycles. The number of ether oxygens (including phenoxy) is 6. The smallest absolute Gasteiger partial charge is 0.335 e. The minimum Gasteiger partial charge on any atom is -0.423 e. The van der Waals surface area contributed by atoms with E-state index in [-0.39, 0.29) is 5.92 Å². The van der Waals surface area contributed by atoms with E-state index in [4.69, 9.17) is 34.8 Å². The SMILES string of the molecule is C#C/C=C\C(=C/CC(c1ccc(-c2ccc(C(c3cc(-c4ccc(OC(=O)C=C)cc4)ccc3OC(=O)C=C)C3C=CC(c4ccc(OC(=O)C=C)cc4)=C3)cc2)cc1)c1cc(-c2ccc(OC(=O)C=C)cc2)ccc1OC(=O)C=C)c1ccc(OC(=O)C=C)cc1. The molecule has 0 aliphatic heterocycles. The second-order valence-electron chi connectivity index (χ2n) is 20.6. The zero-order valence-electron chi connectivity index (χ0n) is 49.9. The molecule has 0 bridgehead atoms. The van der Waals surface area contributed by atoms with Crippen LogP contribution in [0.3, 0.4) is 0 Å². The highest BCUT2D eigenvalue weighted by molar-refractivity contribution is 5.88. The second-order valence-corrected chi connectivity index (χ2v) is 20.6. The fourth-order valence-electron chi connectivity index (χ4n) is 10.4. The third-order valence-corrected chi connectivity index (χ3v) is 14.9. The van der Waals surface area contributed by atoms with Crippen molar-refractivity contribution in [2.24, 2.45) is 5.92 Å². The van der Waals surface area contributed by atoms with E-state index in [0.29, 0.717) is 52.0 Å². The van der Waals surface area contributed by atoms with E-state index >= 15 is 0 Å². The molecule has 8 aromatic rings. The summed E-state index contributed by atoms with van der Waals surface area (Å²) in [7, 11) is 0. The van der Waals surface area contributed by atoms with Crippen LogP contribution in [-0.2, 0) is 28.8 Å². The standard InChI is InChI=1S/C80H60O12/c1-8-15-16-52(55-27-38-65(39-28-55)87-74(81)9-2)35-46-69(70-50-62(36-47-72(70)91-78(85)13-6)57-31-42-67(43-32-57)89-76(83)11-4)59-21-17-53(18-22-59)54-19-23-60(24-20-54)80(64-26-25-61(49-64)56-29-40-66(41-30-56)88-75(82)10-3)71-51-63(37-48-73(71)92-79(86)14-7)58-33-44-68(45-34-58)90-77(84)12-5/h1,9-45,47-51,64,69,80H,2-7,46H2/b16-15-,52-35+. The summed E-state index contributed by atoms with van der Waals surface area (Å²) in [6.45, 7) is 21.3. The highest BCUT2D eigenvalue weighted by Crippen LogP contribution is 2.46. The molecule has 0 aromatic heterocycles. The monoisotopic (exact) mass is 1210 g/mol. The summed E-state index contributed by atoms with van der Waals surface area (Å²) in [5, 5.41) is 0. The molecule has 0 radical (unpaired) electrons. The average molecular weight is 1210 g/mol. The van der Waals surface area contributed by atoms with Gasteiger partial charge >= 0.3 is 35.8 Å². The predicted octanol–water partition coefficient (Wildman–Crippen LogP) is 16.4. The molecule has 0 spiro atoms. The van der Waals surface area contributed by atoms with Crippen LogP contribution in [0.15, 0.2) is 294 Å². The first-order valence-electron chi connectivity index (χ1n) is 28.9. The van der Waals surface area contributed by atoms with Crippen LogP contribution in [0.5, 0.6) is 34.5 Å².